The van der Waals surface area contributed by atoms with E-state index >= 15 is 0 Å². The van der Waals surface area contributed by atoms with Crippen LogP contribution in [0.3, 0.4) is 0 Å². The number of hydrogen-bond donors (Lipinski definition) is 0. The highest BCUT2D eigenvalue weighted by molar-refractivity contribution is 5.56. The van der Waals surface area contributed by atoms with Gasteiger partial charge in [0, 0.05) is 5.92 Å². The molecule has 0 bridgehead atoms. The largest absolute Gasteiger partial charge is 0.303 e. The lowest BCUT2D eigenvalue weighted by Gasteiger charge is -1.94. The van der Waals surface area contributed by atoms with Crippen molar-refractivity contribution in [1.82, 2.24) is 0 Å². The maximum Gasteiger partial charge on any atom is 0.126 e. The number of allylic oxidation sites excluding steroid dienone is 2. The lowest BCUT2D eigenvalue weighted by Crippen LogP contribution is -1.93. The summed E-state index contributed by atoms with van der Waals surface area (Å²) in [6.07, 6.45) is 5.70. The van der Waals surface area contributed by atoms with E-state index in [4.69, 9.17) is 0 Å². The van der Waals surface area contributed by atoms with Gasteiger partial charge >= 0.3 is 0 Å². The summed E-state index contributed by atoms with van der Waals surface area (Å²) in [5.74, 6) is 0.139. The van der Waals surface area contributed by atoms with Gasteiger partial charge in [0.1, 0.15) is 6.29 Å². The quantitative estimate of drug-likeness (QED) is 0.402. The SMILES string of the molecule is C/C=C\C(C=O)CC. The fourth-order valence-electron chi connectivity index (χ4n) is 0.525. The minimum absolute atomic E-state index is 0.139. The summed E-state index contributed by atoms with van der Waals surface area (Å²) in [5.41, 5.74) is 0. The van der Waals surface area contributed by atoms with Crippen molar-refractivity contribution < 1.29 is 4.79 Å². The van der Waals surface area contributed by atoms with Crippen molar-refractivity contribution >= 4 is 6.29 Å². The summed E-state index contributed by atoms with van der Waals surface area (Å²) in [7, 11) is 0. The van der Waals surface area contributed by atoms with Crippen molar-refractivity contribution in [3.05, 3.63) is 12.2 Å². The molecule has 1 atom stereocenters. The van der Waals surface area contributed by atoms with Crippen LogP contribution in [0.15, 0.2) is 12.2 Å². The zero-order valence-electron chi connectivity index (χ0n) is 5.42. The summed E-state index contributed by atoms with van der Waals surface area (Å²) < 4.78 is 0. The van der Waals surface area contributed by atoms with E-state index in [1.807, 2.05) is 26.0 Å². The van der Waals surface area contributed by atoms with Crippen LogP contribution in [0.5, 0.6) is 0 Å². The number of hydrogen-bond acceptors (Lipinski definition) is 1. The van der Waals surface area contributed by atoms with E-state index in [-0.39, 0.29) is 5.92 Å². The zero-order valence-corrected chi connectivity index (χ0v) is 5.42. The number of rotatable bonds is 3. The van der Waals surface area contributed by atoms with Crippen molar-refractivity contribution in [2.45, 2.75) is 20.3 Å². The third kappa shape index (κ3) is 2.56. The van der Waals surface area contributed by atoms with Crippen LogP contribution in [-0.4, -0.2) is 6.29 Å². The predicted molar refractivity (Wildman–Crippen MR) is 34.7 cm³/mol. The summed E-state index contributed by atoms with van der Waals surface area (Å²) in [6, 6.07) is 0. The van der Waals surface area contributed by atoms with Crippen LogP contribution in [-0.2, 0) is 4.79 Å². The Hall–Kier alpha value is -0.590. The molecule has 0 aromatic heterocycles. The first-order valence-corrected chi connectivity index (χ1v) is 2.93. The van der Waals surface area contributed by atoms with Crippen molar-refractivity contribution in [3.8, 4) is 0 Å². The second kappa shape index (κ2) is 4.57. The molecule has 1 nitrogen and oxygen atoms in total. The van der Waals surface area contributed by atoms with Gasteiger partial charge in [0.25, 0.3) is 0 Å². The van der Waals surface area contributed by atoms with Crippen LogP contribution in [0.1, 0.15) is 20.3 Å². The lowest BCUT2D eigenvalue weighted by molar-refractivity contribution is -0.109. The average molecular weight is 112 g/mol. The highest BCUT2D eigenvalue weighted by Crippen LogP contribution is 1.98. The van der Waals surface area contributed by atoms with Crippen molar-refractivity contribution in [2.75, 3.05) is 0 Å². The van der Waals surface area contributed by atoms with Crippen LogP contribution in [0.25, 0.3) is 0 Å². The molecule has 0 aliphatic heterocycles. The summed E-state index contributed by atoms with van der Waals surface area (Å²) >= 11 is 0. The molecule has 0 fully saturated rings. The second-order valence-corrected chi connectivity index (χ2v) is 1.73. The minimum Gasteiger partial charge on any atom is -0.303 e. The molecule has 46 valence electrons. The van der Waals surface area contributed by atoms with E-state index in [0.29, 0.717) is 0 Å². The van der Waals surface area contributed by atoms with Crippen LogP contribution in [0, 0.1) is 5.92 Å². The summed E-state index contributed by atoms with van der Waals surface area (Å²) in [5, 5.41) is 0. The molecule has 0 aliphatic rings. The normalized spacial score (nSPS) is 14.2. The molecule has 0 heterocycles. The Morgan fingerprint density at radius 3 is 2.38 bits per heavy atom. The lowest BCUT2D eigenvalue weighted by atomic mass is 10.1. The molecule has 0 saturated carbocycles. The topological polar surface area (TPSA) is 17.1 Å². The van der Waals surface area contributed by atoms with Gasteiger partial charge in [0.2, 0.25) is 0 Å². The van der Waals surface area contributed by atoms with E-state index in [9.17, 15) is 4.79 Å². The van der Waals surface area contributed by atoms with Crippen LogP contribution < -0.4 is 0 Å². The molecule has 0 rings (SSSR count). The Balaban J connectivity index is 3.52. The first-order valence-electron chi connectivity index (χ1n) is 2.93. The highest BCUT2D eigenvalue weighted by Gasteiger charge is 1.94. The summed E-state index contributed by atoms with van der Waals surface area (Å²) in [6.45, 7) is 3.92. The van der Waals surface area contributed by atoms with Gasteiger partial charge in [0.15, 0.2) is 0 Å². The van der Waals surface area contributed by atoms with Gasteiger partial charge in [0.05, 0.1) is 0 Å². The van der Waals surface area contributed by atoms with Gasteiger partial charge in [-0.2, -0.15) is 0 Å². The molecule has 0 spiro atoms. The van der Waals surface area contributed by atoms with E-state index in [2.05, 4.69) is 0 Å². The predicted octanol–water partition coefficient (Wildman–Crippen LogP) is 1.79. The third-order valence-electron chi connectivity index (χ3n) is 1.09. The van der Waals surface area contributed by atoms with Crippen molar-refractivity contribution in [3.63, 3.8) is 0 Å². The van der Waals surface area contributed by atoms with Gasteiger partial charge in [-0.3, -0.25) is 0 Å². The standard InChI is InChI=1S/C7H12O/c1-3-5-7(4-2)6-8/h3,5-7H,4H2,1-2H3/b5-3-. The molecule has 0 saturated heterocycles. The van der Waals surface area contributed by atoms with Gasteiger partial charge in [-0.25, -0.2) is 0 Å². The van der Waals surface area contributed by atoms with Gasteiger partial charge in [-0.1, -0.05) is 19.1 Å². The van der Waals surface area contributed by atoms with Crippen LogP contribution in [0.2, 0.25) is 0 Å². The fraction of sp³-hybridized carbons (Fsp3) is 0.571. The maximum absolute atomic E-state index is 10.1. The third-order valence-corrected chi connectivity index (χ3v) is 1.09. The van der Waals surface area contributed by atoms with Gasteiger partial charge in [-0.05, 0) is 13.3 Å². The molecule has 0 N–H and O–H groups in total. The van der Waals surface area contributed by atoms with E-state index in [0.717, 1.165) is 12.7 Å². The molecule has 8 heavy (non-hydrogen) atoms. The van der Waals surface area contributed by atoms with E-state index in [1.165, 1.54) is 0 Å². The zero-order chi connectivity index (χ0) is 6.41. The Kier molecular flexibility index (Phi) is 4.23. The Labute approximate surface area is 50.4 Å². The molecular formula is C7H12O. The van der Waals surface area contributed by atoms with Gasteiger partial charge in [-0.15, -0.1) is 0 Å². The molecule has 1 unspecified atom stereocenters. The first kappa shape index (κ1) is 7.41. The molecule has 0 aliphatic carbocycles. The van der Waals surface area contributed by atoms with Crippen molar-refractivity contribution in [1.29, 1.82) is 0 Å². The van der Waals surface area contributed by atoms with Crippen LogP contribution in [0.4, 0.5) is 0 Å². The fourth-order valence-corrected chi connectivity index (χ4v) is 0.525. The van der Waals surface area contributed by atoms with E-state index < -0.39 is 0 Å². The van der Waals surface area contributed by atoms with Crippen LogP contribution >= 0.6 is 0 Å². The monoisotopic (exact) mass is 112 g/mol. The summed E-state index contributed by atoms with van der Waals surface area (Å²) in [4.78, 5) is 10.1. The van der Waals surface area contributed by atoms with Crippen molar-refractivity contribution in [2.24, 2.45) is 5.92 Å². The number of carbonyl (C=O) groups is 1. The number of carbonyl (C=O) groups excluding carboxylic acids is 1. The first-order chi connectivity index (χ1) is 3.85. The molecule has 0 radical (unpaired) electrons. The van der Waals surface area contributed by atoms with Gasteiger partial charge < -0.3 is 4.79 Å². The minimum atomic E-state index is 0.139. The Morgan fingerprint density at radius 2 is 2.25 bits per heavy atom. The van der Waals surface area contributed by atoms with E-state index in [1.54, 1.807) is 0 Å². The Morgan fingerprint density at radius 1 is 1.62 bits per heavy atom. The second-order valence-electron chi connectivity index (χ2n) is 1.73. The molecule has 1 heteroatoms. The molecule has 0 aromatic rings. The number of aldehydes is 1. The Bertz CT molecular complexity index is 84.4. The molecule has 0 amide bonds. The highest BCUT2D eigenvalue weighted by atomic mass is 16.1. The average Bonchev–Trinajstić information content (AvgIpc) is 1.83. The maximum atomic E-state index is 10.1. The smallest absolute Gasteiger partial charge is 0.126 e. The molecular weight excluding hydrogens is 100 g/mol. The molecule has 0 aromatic carbocycles.